The first-order valence-corrected chi connectivity index (χ1v) is 4.56. The number of rotatable bonds is 1. The van der Waals surface area contributed by atoms with Gasteiger partial charge in [-0.05, 0) is 12.2 Å². The van der Waals surface area contributed by atoms with E-state index in [1.165, 1.54) is 6.08 Å². The largest absolute Gasteiger partial charge is 0.366 e. The second-order valence-electron chi connectivity index (χ2n) is 4.48. The number of hydrogen-bond acceptors (Lipinski definition) is 3. The Morgan fingerprint density at radius 3 is 2.64 bits per heavy atom. The first-order chi connectivity index (χ1) is 6.33. The first-order valence-electron chi connectivity index (χ1n) is 4.56. The molecule has 0 spiro atoms. The van der Waals surface area contributed by atoms with Gasteiger partial charge in [-0.2, -0.15) is 0 Å². The summed E-state index contributed by atoms with van der Waals surface area (Å²) in [6, 6.07) is 0. The quantitative estimate of drug-likeness (QED) is 0.599. The van der Waals surface area contributed by atoms with Crippen LogP contribution < -0.4 is 5.32 Å². The van der Waals surface area contributed by atoms with Gasteiger partial charge in [-0.25, -0.2) is 0 Å². The highest BCUT2D eigenvalue weighted by Gasteiger charge is 2.31. The van der Waals surface area contributed by atoms with E-state index in [2.05, 4.69) is 10.3 Å². The van der Waals surface area contributed by atoms with Crippen molar-refractivity contribution in [2.75, 3.05) is 6.54 Å². The number of hydrogen-bond donors (Lipinski definition) is 2. The predicted octanol–water partition coefficient (Wildman–Crippen LogP) is 0.478. The van der Waals surface area contributed by atoms with Crippen LogP contribution >= 0.6 is 0 Å². The van der Waals surface area contributed by atoms with Crippen molar-refractivity contribution in [3.05, 3.63) is 12.2 Å². The minimum absolute atomic E-state index is 0.172. The van der Waals surface area contributed by atoms with Crippen LogP contribution in [0, 0.1) is 5.41 Å². The molecule has 0 saturated carbocycles. The molecule has 4 nitrogen and oxygen atoms in total. The van der Waals surface area contributed by atoms with E-state index in [9.17, 15) is 9.90 Å². The zero-order valence-corrected chi connectivity index (χ0v) is 8.74. The number of carbonyl (C=O) groups excluding carboxylic acids is 1. The van der Waals surface area contributed by atoms with Gasteiger partial charge in [0.05, 0.1) is 6.54 Å². The van der Waals surface area contributed by atoms with Crippen LogP contribution in [0.3, 0.4) is 0 Å². The molecule has 1 heterocycles. The lowest BCUT2D eigenvalue weighted by molar-refractivity contribution is -0.133. The first kappa shape index (κ1) is 10.9. The summed E-state index contributed by atoms with van der Waals surface area (Å²) in [6.45, 7) is 5.55. The average Bonchev–Trinajstić information content (AvgIpc) is 2.02. The summed E-state index contributed by atoms with van der Waals surface area (Å²) in [5, 5.41) is 12.4. The van der Waals surface area contributed by atoms with Gasteiger partial charge in [0.15, 0.2) is 5.72 Å². The third kappa shape index (κ3) is 2.67. The summed E-state index contributed by atoms with van der Waals surface area (Å²) in [7, 11) is 0. The maximum absolute atomic E-state index is 11.6. The molecule has 78 valence electrons. The summed E-state index contributed by atoms with van der Waals surface area (Å²) in [5.74, 6) is -0.193. The molecule has 2 N–H and O–H groups in total. The second-order valence-corrected chi connectivity index (χ2v) is 4.48. The molecule has 0 aromatic heterocycles. The Hall–Kier alpha value is -1.16. The molecule has 1 amide bonds. The fraction of sp³-hybridized carbons (Fsp3) is 0.600. The molecule has 1 rings (SSSR count). The zero-order valence-electron chi connectivity index (χ0n) is 8.74. The Morgan fingerprint density at radius 1 is 1.57 bits per heavy atom. The van der Waals surface area contributed by atoms with Gasteiger partial charge in [0, 0.05) is 11.6 Å². The molecule has 0 saturated heterocycles. The van der Waals surface area contributed by atoms with E-state index in [1.54, 1.807) is 33.1 Å². The Balaban J connectivity index is 2.65. The minimum atomic E-state index is -1.32. The molecule has 0 bridgehead atoms. The Labute approximate surface area is 83.7 Å². The fourth-order valence-corrected chi connectivity index (χ4v) is 0.973. The van der Waals surface area contributed by atoms with Crippen LogP contribution in [-0.4, -0.2) is 29.5 Å². The number of nitrogens with zero attached hydrogens (tertiary/aromatic N) is 1. The molecule has 0 aliphatic carbocycles. The van der Waals surface area contributed by atoms with Gasteiger partial charge in [0.25, 0.3) is 0 Å². The van der Waals surface area contributed by atoms with Crippen LogP contribution in [0.15, 0.2) is 17.1 Å². The Kier molecular flexibility index (Phi) is 2.76. The summed E-state index contributed by atoms with van der Waals surface area (Å²) < 4.78 is 0. The molecule has 0 radical (unpaired) electrons. The van der Waals surface area contributed by atoms with Crippen LogP contribution in [-0.2, 0) is 4.79 Å². The molecule has 1 aliphatic heterocycles. The van der Waals surface area contributed by atoms with Crippen molar-refractivity contribution < 1.29 is 9.90 Å². The highest BCUT2D eigenvalue weighted by atomic mass is 16.3. The van der Waals surface area contributed by atoms with E-state index in [0.29, 0.717) is 0 Å². The van der Waals surface area contributed by atoms with Gasteiger partial charge in [-0.1, -0.05) is 20.8 Å². The van der Waals surface area contributed by atoms with Crippen molar-refractivity contribution in [2.24, 2.45) is 10.4 Å². The maximum Gasteiger partial charge on any atom is 0.227 e. The van der Waals surface area contributed by atoms with Crippen LogP contribution in [0.5, 0.6) is 0 Å². The number of carbonyl (C=O) groups is 1. The molecule has 0 aromatic rings. The standard InChI is InChI=1S/C10H16N2O2/c1-9(2,3)8(13)12-10(14)5-4-6-11-7-10/h4-6,14H,7H2,1-3H3,(H,12,13). The number of nitrogens with one attached hydrogen (secondary N) is 1. The topological polar surface area (TPSA) is 61.7 Å². The molecular weight excluding hydrogens is 180 g/mol. The van der Waals surface area contributed by atoms with Crippen molar-refractivity contribution in [3.8, 4) is 0 Å². The maximum atomic E-state index is 11.6. The summed E-state index contributed by atoms with van der Waals surface area (Å²) in [5.41, 5.74) is -1.83. The van der Waals surface area contributed by atoms with Crippen LogP contribution in [0.2, 0.25) is 0 Å². The van der Waals surface area contributed by atoms with Gasteiger partial charge in [0.2, 0.25) is 5.91 Å². The van der Waals surface area contributed by atoms with E-state index < -0.39 is 11.1 Å². The van der Waals surface area contributed by atoms with E-state index in [-0.39, 0.29) is 12.5 Å². The van der Waals surface area contributed by atoms with Crippen LogP contribution in [0.4, 0.5) is 0 Å². The van der Waals surface area contributed by atoms with E-state index in [0.717, 1.165) is 0 Å². The summed E-state index contributed by atoms with van der Waals surface area (Å²) in [4.78, 5) is 15.5. The molecule has 1 unspecified atom stereocenters. The highest BCUT2D eigenvalue weighted by Crippen LogP contribution is 2.16. The van der Waals surface area contributed by atoms with Gasteiger partial charge in [0.1, 0.15) is 0 Å². The molecule has 4 heteroatoms. The van der Waals surface area contributed by atoms with E-state index in [1.807, 2.05) is 0 Å². The predicted molar refractivity (Wildman–Crippen MR) is 55.0 cm³/mol. The molecule has 1 aliphatic rings. The average molecular weight is 196 g/mol. The number of aliphatic imine (C=N–C) groups is 1. The number of aliphatic hydroxyl groups is 1. The lowest BCUT2D eigenvalue weighted by Crippen LogP contribution is -2.53. The number of dihydropyridines is 1. The third-order valence-corrected chi connectivity index (χ3v) is 1.91. The smallest absolute Gasteiger partial charge is 0.227 e. The minimum Gasteiger partial charge on any atom is -0.366 e. The molecule has 0 aromatic carbocycles. The lowest BCUT2D eigenvalue weighted by Gasteiger charge is -2.29. The monoisotopic (exact) mass is 196 g/mol. The van der Waals surface area contributed by atoms with Gasteiger partial charge < -0.3 is 10.4 Å². The summed E-state index contributed by atoms with van der Waals surface area (Å²) in [6.07, 6.45) is 4.74. The molecule has 14 heavy (non-hydrogen) atoms. The normalized spacial score (nSPS) is 26.3. The SMILES string of the molecule is CC(C)(C)C(=O)NC1(O)C=CC=NC1. The van der Waals surface area contributed by atoms with Gasteiger partial charge >= 0.3 is 0 Å². The Morgan fingerprint density at radius 2 is 2.21 bits per heavy atom. The fourth-order valence-electron chi connectivity index (χ4n) is 0.973. The van der Waals surface area contributed by atoms with Crippen molar-refractivity contribution in [1.82, 2.24) is 5.32 Å². The van der Waals surface area contributed by atoms with Crippen molar-refractivity contribution in [3.63, 3.8) is 0 Å². The highest BCUT2D eigenvalue weighted by molar-refractivity contribution is 5.82. The molecular formula is C10H16N2O2. The third-order valence-electron chi connectivity index (χ3n) is 1.91. The molecule has 0 fully saturated rings. The van der Waals surface area contributed by atoms with E-state index >= 15 is 0 Å². The van der Waals surface area contributed by atoms with Gasteiger partial charge in [-0.15, -0.1) is 0 Å². The Bertz CT molecular complexity index is 289. The van der Waals surface area contributed by atoms with Crippen LogP contribution in [0.25, 0.3) is 0 Å². The van der Waals surface area contributed by atoms with E-state index in [4.69, 9.17) is 0 Å². The van der Waals surface area contributed by atoms with Crippen molar-refractivity contribution >= 4 is 12.1 Å². The van der Waals surface area contributed by atoms with Crippen molar-refractivity contribution in [1.29, 1.82) is 0 Å². The van der Waals surface area contributed by atoms with Crippen molar-refractivity contribution in [2.45, 2.75) is 26.5 Å². The summed E-state index contributed by atoms with van der Waals surface area (Å²) >= 11 is 0. The van der Waals surface area contributed by atoms with Gasteiger partial charge in [-0.3, -0.25) is 9.79 Å². The lowest BCUT2D eigenvalue weighted by atomic mass is 9.94. The second kappa shape index (κ2) is 3.53. The zero-order chi connectivity index (χ0) is 10.8. The molecule has 1 atom stereocenters. The van der Waals surface area contributed by atoms with Crippen LogP contribution in [0.1, 0.15) is 20.8 Å². The number of amides is 1. The number of allylic oxidation sites excluding steroid dienone is 1.